The number of hydrogen-bond acceptors (Lipinski definition) is 5. The Hall–Kier alpha value is -3.81. The molecule has 0 saturated carbocycles. The van der Waals surface area contributed by atoms with Crippen LogP contribution in [0.15, 0.2) is 53.6 Å². The number of benzene rings is 1. The molecule has 0 aliphatic rings. The SMILES string of the molecule is Cc1nc2c(-c3cccnc3)c(C)[nH]n2c(=O)c1Cc1ccc([N+](=O)[O-])cc1. The van der Waals surface area contributed by atoms with Gasteiger partial charge in [0.2, 0.25) is 0 Å². The highest BCUT2D eigenvalue weighted by Gasteiger charge is 2.18. The molecule has 0 radical (unpaired) electrons. The lowest BCUT2D eigenvalue weighted by Crippen LogP contribution is -2.22. The van der Waals surface area contributed by atoms with Gasteiger partial charge in [0.15, 0.2) is 5.65 Å². The number of aromatic amines is 1. The van der Waals surface area contributed by atoms with E-state index in [1.807, 2.05) is 19.1 Å². The van der Waals surface area contributed by atoms with Crippen molar-refractivity contribution in [2.45, 2.75) is 20.3 Å². The fraction of sp³-hybridized carbons (Fsp3) is 0.150. The van der Waals surface area contributed by atoms with E-state index in [2.05, 4.69) is 15.1 Å². The van der Waals surface area contributed by atoms with E-state index in [0.717, 1.165) is 22.4 Å². The minimum Gasteiger partial charge on any atom is -0.293 e. The third-order valence-electron chi connectivity index (χ3n) is 4.74. The minimum atomic E-state index is -0.445. The van der Waals surface area contributed by atoms with E-state index in [9.17, 15) is 14.9 Å². The predicted molar refractivity (Wildman–Crippen MR) is 104 cm³/mol. The lowest BCUT2D eigenvalue weighted by atomic mass is 10.0. The molecule has 1 aromatic carbocycles. The van der Waals surface area contributed by atoms with Gasteiger partial charge in [0, 0.05) is 59.0 Å². The minimum absolute atomic E-state index is 0.0203. The summed E-state index contributed by atoms with van der Waals surface area (Å²) in [5, 5.41) is 13.9. The van der Waals surface area contributed by atoms with E-state index in [-0.39, 0.29) is 11.2 Å². The molecule has 28 heavy (non-hydrogen) atoms. The van der Waals surface area contributed by atoms with Gasteiger partial charge < -0.3 is 0 Å². The second-order valence-corrected chi connectivity index (χ2v) is 6.59. The van der Waals surface area contributed by atoms with Crippen LogP contribution in [-0.2, 0) is 6.42 Å². The van der Waals surface area contributed by atoms with Gasteiger partial charge in [-0.3, -0.25) is 25.0 Å². The van der Waals surface area contributed by atoms with Gasteiger partial charge in [0.25, 0.3) is 11.2 Å². The van der Waals surface area contributed by atoms with Gasteiger partial charge in [-0.15, -0.1) is 0 Å². The Labute approximate surface area is 159 Å². The Morgan fingerprint density at radius 3 is 2.57 bits per heavy atom. The van der Waals surface area contributed by atoms with Crippen LogP contribution in [0.2, 0.25) is 0 Å². The summed E-state index contributed by atoms with van der Waals surface area (Å²) in [6.45, 7) is 3.69. The molecule has 0 bridgehead atoms. The number of rotatable bonds is 4. The van der Waals surface area contributed by atoms with Crippen molar-refractivity contribution in [1.29, 1.82) is 0 Å². The Bertz CT molecular complexity index is 1240. The summed E-state index contributed by atoms with van der Waals surface area (Å²) in [6, 6.07) is 9.96. The van der Waals surface area contributed by atoms with Gasteiger partial charge in [-0.25, -0.2) is 9.50 Å². The molecule has 4 rings (SSSR count). The first kappa shape index (κ1) is 17.6. The van der Waals surface area contributed by atoms with Crippen molar-refractivity contribution in [2.75, 3.05) is 0 Å². The smallest absolute Gasteiger partial charge is 0.276 e. The van der Waals surface area contributed by atoms with Crippen molar-refractivity contribution in [3.63, 3.8) is 0 Å². The number of nitro groups is 1. The zero-order valence-corrected chi connectivity index (χ0v) is 15.3. The Morgan fingerprint density at radius 2 is 1.93 bits per heavy atom. The average Bonchev–Trinajstić information content (AvgIpc) is 3.02. The molecule has 0 saturated heterocycles. The molecule has 3 heterocycles. The molecular weight excluding hydrogens is 358 g/mol. The number of hydrogen-bond donors (Lipinski definition) is 1. The van der Waals surface area contributed by atoms with E-state index in [0.29, 0.717) is 23.3 Å². The molecule has 0 aliphatic carbocycles. The summed E-state index contributed by atoms with van der Waals surface area (Å²) in [6.07, 6.45) is 3.78. The molecule has 8 nitrogen and oxygen atoms in total. The van der Waals surface area contributed by atoms with Crippen LogP contribution >= 0.6 is 0 Å². The van der Waals surface area contributed by atoms with Gasteiger partial charge in [-0.05, 0) is 25.5 Å². The molecule has 0 amide bonds. The first-order valence-electron chi connectivity index (χ1n) is 8.70. The van der Waals surface area contributed by atoms with Crippen LogP contribution in [0.25, 0.3) is 16.8 Å². The van der Waals surface area contributed by atoms with Crippen molar-refractivity contribution < 1.29 is 4.92 Å². The van der Waals surface area contributed by atoms with Crippen LogP contribution in [0.4, 0.5) is 5.69 Å². The number of nitrogens with one attached hydrogen (secondary N) is 1. The molecular formula is C20H17N5O3. The van der Waals surface area contributed by atoms with Gasteiger partial charge in [-0.2, -0.15) is 0 Å². The summed E-state index contributed by atoms with van der Waals surface area (Å²) in [5.41, 5.74) is 4.93. The van der Waals surface area contributed by atoms with Crippen LogP contribution in [0.3, 0.4) is 0 Å². The van der Waals surface area contributed by atoms with E-state index >= 15 is 0 Å². The van der Waals surface area contributed by atoms with Crippen molar-refractivity contribution in [3.05, 3.63) is 91.8 Å². The molecule has 4 aromatic rings. The normalized spacial score (nSPS) is 11.1. The summed E-state index contributed by atoms with van der Waals surface area (Å²) in [7, 11) is 0. The standard InChI is InChI=1S/C20H17N5O3/c1-12-17(10-14-5-7-16(8-6-14)25(27)28)20(26)24-19(22-12)18(13(2)23-24)15-4-3-9-21-11-15/h3-9,11,23H,10H2,1-2H3. The first-order valence-corrected chi connectivity index (χ1v) is 8.70. The Morgan fingerprint density at radius 1 is 1.18 bits per heavy atom. The number of nitrogens with zero attached hydrogens (tertiary/aromatic N) is 4. The third-order valence-corrected chi connectivity index (χ3v) is 4.74. The second-order valence-electron chi connectivity index (χ2n) is 6.59. The van der Waals surface area contributed by atoms with Gasteiger partial charge >= 0.3 is 0 Å². The fourth-order valence-electron chi connectivity index (χ4n) is 3.32. The van der Waals surface area contributed by atoms with Crippen LogP contribution < -0.4 is 5.56 Å². The van der Waals surface area contributed by atoms with Gasteiger partial charge in [0.05, 0.1) is 4.92 Å². The van der Waals surface area contributed by atoms with Crippen LogP contribution in [-0.4, -0.2) is 24.5 Å². The Kier molecular flexibility index (Phi) is 4.23. The lowest BCUT2D eigenvalue weighted by Gasteiger charge is -2.07. The number of pyridine rings is 1. The summed E-state index contributed by atoms with van der Waals surface area (Å²) in [4.78, 5) is 32.3. The average molecular weight is 375 g/mol. The summed E-state index contributed by atoms with van der Waals surface area (Å²) < 4.78 is 1.45. The highest BCUT2D eigenvalue weighted by Crippen LogP contribution is 2.26. The fourth-order valence-corrected chi connectivity index (χ4v) is 3.32. The van der Waals surface area contributed by atoms with Crippen molar-refractivity contribution >= 4 is 11.3 Å². The van der Waals surface area contributed by atoms with Crippen LogP contribution in [0.1, 0.15) is 22.5 Å². The number of H-pyrrole nitrogens is 1. The molecule has 0 atom stereocenters. The van der Waals surface area contributed by atoms with Crippen molar-refractivity contribution in [2.24, 2.45) is 0 Å². The summed E-state index contributed by atoms with van der Waals surface area (Å²) >= 11 is 0. The number of non-ortho nitro benzene ring substituents is 1. The maximum atomic E-state index is 13.1. The number of nitro benzene ring substituents is 1. The van der Waals surface area contributed by atoms with E-state index in [1.165, 1.54) is 16.6 Å². The van der Waals surface area contributed by atoms with E-state index in [1.54, 1.807) is 31.5 Å². The molecule has 1 N–H and O–H groups in total. The highest BCUT2D eigenvalue weighted by atomic mass is 16.6. The van der Waals surface area contributed by atoms with E-state index in [4.69, 9.17) is 0 Å². The summed E-state index contributed by atoms with van der Waals surface area (Å²) in [5.74, 6) is 0. The third kappa shape index (κ3) is 2.94. The molecule has 0 fully saturated rings. The molecule has 0 aliphatic heterocycles. The highest BCUT2D eigenvalue weighted by molar-refractivity contribution is 5.79. The Balaban J connectivity index is 1.81. The maximum absolute atomic E-state index is 13.1. The molecule has 0 spiro atoms. The largest absolute Gasteiger partial charge is 0.293 e. The zero-order chi connectivity index (χ0) is 19.8. The molecule has 8 heteroatoms. The number of aromatic nitrogens is 4. The topological polar surface area (TPSA) is 106 Å². The first-order chi connectivity index (χ1) is 13.5. The maximum Gasteiger partial charge on any atom is 0.276 e. The van der Waals surface area contributed by atoms with Crippen molar-refractivity contribution in [3.8, 4) is 11.1 Å². The van der Waals surface area contributed by atoms with E-state index < -0.39 is 4.92 Å². The van der Waals surface area contributed by atoms with Crippen LogP contribution in [0, 0.1) is 24.0 Å². The van der Waals surface area contributed by atoms with Crippen LogP contribution in [0.5, 0.6) is 0 Å². The molecule has 3 aromatic heterocycles. The van der Waals surface area contributed by atoms with Gasteiger partial charge in [-0.1, -0.05) is 18.2 Å². The van der Waals surface area contributed by atoms with Crippen molar-refractivity contribution in [1.82, 2.24) is 19.6 Å². The number of fused-ring (bicyclic) bond motifs is 1. The monoisotopic (exact) mass is 375 g/mol. The second kappa shape index (κ2) is 6.73. The zero-order valence-electron chi connectivity index (χ0n) is 15.3. The molecule has 0 unspecified atom stereocenters. The molecule has 140 valence electrons. The quantitative estimate of drug-likeness (QED) is 0.435. The lowest BCUT2D eigenvalue weighted by molar-refractivity contribution is -0.384. The predicted octanol–water partition coefficient (Wildman–Crippen LogP) is 3.20. The van der Waals surface area contributed by atoms with Gasteiger partial charge in [0.1, 0.15) is 0 Å². The number of aryl methyl sites for hydroxylation is 2.